The molecule has 0 aliphatic heterocycles. The van der Waals surface area contributed by atoms with Crippen molar-refractivity contribution >= 4 is 28.0 Å². The summed E-state index contributed by atoms with van der Waals surface area (Å²) >= 11 is 1.52. The van der Waals surface area contributed by atoms with Gasteiger partial charge < -0.3 is 5.32 Å². The molecule has 1 N–H and O–H groups in total. The Morgan fingerprint density at radius 3 is 2.77 bits per heavy atom. The van der Waals surface area contributed by atoms with E-state index < -0.39 is 0 Å². The number of nitrogens with one attached hydrogen (secondary N) is 1. The van der Waals surface area contributed by atoms with E-state index in [1.54, 1.807) is 0 Å². The summed E-state index contributed by atoms with van der Waals surface area (Å²) in [6.07, 6.45) is 1.84. The van der Waals surface area contributed by atoms with Crippen molar-refractivity contribution in [1.29, 1.82) is 0 Å². The lowest BCUT2D eigenvalue weighted by Crippen LogP contribution is -2.26. The van der Waals surface area contributed by atoms with E-state index in [4.69, 9.17) is 0 Å². The quantitative estimate of drug-likeness (QED) is 0.563. The number of rotatable bonds is 4. The van der Waals surface area contributed by atoms with E-state index in [-0.39, 0.29) is 11.9 Å². The average Bonchev–Trinajstić information content (AvgIpc) is 3.31. The van der Waals surface area contributed by atoms with Gasteiger partial charge >= 0.3 is 0 Å². The highest BCUT2D eigenvalue weighted by molar-refractivity contribution is 7.08. The third kappa shape index (κ3) is 2.91. The van der Waals surface area contributed by atoms with Gasteiger partial charge in [0.2, 0.25) is 0 Å². The van der Waals surface area contributed by atoms with Crippen LogP contribution in [0.25, 0.3) is 16.5 Å². The molecule has 0 bridgehead atoms. The first-order valence-corrected chi connectivity index (χ1v) is 9.45. The van der Waals surface area contributed by atoms with Crippen LogP contribution in [0.3, 0.4) is 0 Å². The molecule has 0 spiro atoms. The molecule has 130 valence electrons. The largest absolute Gasteiger partial charge is 0.345 e. The fourth-order valence-corrected chi connectivity index (χ4v) is 3.87. The number of nitrogens with zero attached hydrogens (tertiary/aromatic N) is 2. The number of benzene rings is 2. The Kier molecular flexibility index (Phi) is 4.31. The first-order valence-electron chi connectivity index (χ1n) is 8.51. The molecule has 2 heterocycles. The summed E-state index contributed by atoms with van der Waals surface area (Å²) in [6, 6.07) is 16.2. The second kappa shape index (κ2) is 6.77. The van der Waals surface area contributed by atoms with Crippen LogP contribution in [0.1, 0.15) is 34.6 Å². The molecule has 0 saturated heterocycles. The lowest BCUT2D eigenvalue weighted by atomic mass is 10.1. The van der Waals surface area contributed by atoms with Crippen LogP contribution in [0.5, 0.6) is 0 Å². The molecule has 1 unspecified atom stereocenters. The fraction of sp³-hybridized carbons (Fsp3) is 0.143. The summed E-state index contributed by atoms with van der Waals surface area (Å²) in [5.41, 5.74) is 3.78. The molecule has 2 aromatic heterocycles. The van der Waals surface area contributed by atoms with E-state index in [0.29, 0.717) is 5.56 Å². The van der Waals surface area contributed by atoms with E-state index >= 15 is 0 Å². The molecular formula is C21H19N3OS. The SMILES string of the molecule is Cc1c(C(C)NC(=O)c2ccsc2)cnn1-c1cccc2ccccc12. The third-order valence-electron chi connectivity index (χ3n) is 4.64. The molecule has 4 rings (SSSR count). The van der Waals surface area contributed by atoms with E-state index in [2.05, 4.69) is 34.7 Å². The highest BCUT2D eigenvalue weighted by Gasteiger charge is 2.18. The van der Waals surface area contributed by atoms with Crippen LogP contribution >= 0.6 is 11.3 Å². The number of carbonyl (C=O) groups is 1. The second-order valence-electron chi connectivity index (χ2n) is 6.30. The van der Waals surface area contributed by atoms with Gasteiger partial charge in [-0.25, -0.2) is 4.68 Å². The minimum atomic E-state index is -0.119. The van der Waals surface area contributed by atoms with Gasteiger partial charge in [-0.15, -0.1) is 0 Å². The zero-order valence-corrected chi connectivity index (χ0v) is 15.5. The Labute approximate surface area is 156 Å². The zero-order valence-electron chi connectivity index (χ0n) is 14.6. The van der Waals surface area contributed by atoms with Crippen molar-refractivity contribution in [1.82, 2.24) is 15.1 Å². The van der Waals surface area contributed by atoms with Gasteiger partial charge in [-0.1, -0.05) is 36.4 Å². The van der Waals surface area contributed by atoms with Gasteiger partial charge in [0.05, 0.1) is 23.5 Å². The molecule has 5 heteroatoms. The molecule has 0 saturated carbocycles. The highest BCUT2D eigenvalue weighted by Crippen LogP contribution is 2.26. The maximum atomic E-state index is 12.3. The third-order valence-corrected chi connectivity index (χ3v) is 5.32. The molecule has 1 amide bonds. The van der Waals surface area contributed by atoms with Crippen LogP contribution in [0.2, 0.25) is 0 Å². The van der Waals surface area contributed by atoms with Crippen LogP contribution in [0, 0.1) is 6.92 Å². The van der Waals surface area contributed by atoms with Crippen LogP contribution in [0.15, 0.2) is 65.5 Å². The van der Waals surface area contributed by atoms with Gasteiger partial charge in [0.25, 0.3) is 5.91 Å². The normalized spacial score (nSPS) is 12.2. The Bertz CT molecular complexity index is 1060. The summed E-state index contributed by atoms with van der Waals surface area (Å²) in [5, 5.41) is 13.7. The van der Waals surface area contributed by atoms with Crippen molar-refractivity contribution in [3.05, 3.63) is 82.3 Å². The summed E-state index contributed by atoms with van der Waals surface area (Å²) in [4.78, 5) is 12.3. The maximum absolute atomic E-state index is 12.3. The Morgan fingerprint density at radius 2 is 1.96 bits per heavy atom. The standard InChI is InChI=1S/C21H19N3OS/c1-14(23-21(25)17-10-11-26-13-17)19-12-22-24(15(19)2)20-9-5-7-16-6-3-4-8-18(16)20/h3-14H,1-2H3,(H,23,25). The van der Waals surface area contributed by atoms with Crippen LogP contribution < -0.4 is 5.32 Å². The summed E-state index contributed by atoms with van der Waals surface area (Å²) < 4.78 is 1.95. The van der Waals surface area contributed by atoms with Crippen LogP contribution in [-0.4, -0.2) is 15.7 Å². The molecule has 4 nitrogen and oxygen atoms in total. The maximum Gasteiger partial charge on any atom is 0.252 e. The van der Waals surface area contributed by atoms with Gasteiger partial charge in [-0.05, 0) is 36.7 Å². The Balaban J connectivity index is 1.67. The minimum absolute atomic E-state index is 0.0592. The van der Waals surface area contributed by atoms with Gasteiger partial charge in [0.1, 0.15) is 0 Å². The number of hydrogen-bond acceptors (Lipinski definition) is 3. The average molecular weight is 361 g/mol. The van der Waals surface area contributed by atoms with E-state index in [9.17, 15) is 4.79 Å². The molecule has 0 radical (unpaired) electrons. The van der Waals surface area contributed by atoms with Crippen molar-refractivity contribution in [3.63, 3.8) is 0 Å². The van der Waals surface area contributed by atoms with Crippen molar-refractivity contribution in [3.8, 4) is 5.69 Å². The molecule has 0 fully saturated rings. The lowest BCUT2D eigenvalue weighted by molar-refractivity contribution is 0.0940. The number of amides is 1. The number of aromatic nitrogens is 2. The van der Waals surface area contributed by atoms with Crippen LogP contribution in [-0.2, 0) is 0 Å². The number of hydrogen-bond donors (Lipinski definition) is 1. The van der Waals surface area contributed by atoms with Crippen molar-refractivity contribution in [2.75, 3.05) is 0 Å². The zero-order chi connectivity index (χ0) is 18.1. The molecule has 2 aromatic carbocycles. The second-order valence-corrected chi connectivity index (χ2v) is 7.08. The van der Waals surface area contributed by atoms with Crippen molar-refractivity contribution in [2.45, 2.75) is 19.9 Å². The molecular weight excluding hydrogens is 342 g/mol. The Morgan fingerprint density at radius 1 is 1.15 bits per heavy atom. The van der Waals surface area contributed by atoms with E-state index in [1.807, 2.05) is 59.8 Å². The predicted molar refractivity (Wildman–Crippen MR) is 106 cm³/mol. The van der Waals surface area contributed by atoms with Crippen LogP contribution in [0.4, 0.5) is 0 Å². The summed E-state index contributed by atoms with van der Waals surface area (Å²) in [6.45, 7) is 4.03. The summed E-state index contributed by atoms with van der Waals surface area (Å²) in [5.74, 6) is -0.0592. The lowest BCUT2D eigenvalue weighted by Gasteiger charge is -2.14. The van der Waals surface area contributed by atoms with Crippen molar-refractivity contribution < 1.29 is 4.79 Å². The smallest absolute Gasteiger partial charge is 0.252 e. The molecule has 4 aromatic rings. The minimum Gasteiger partial charge on any atom is -0.345 e. The predicted octanol–water partition coefficient (Wildman–Crippen LogP) is 4.89. The molecule has 26 heavy (non-hydrogen) atoms. The first-order chi connectivity index (χ1) is 12.6. The first kappa shape index (κ1) is 16.5. The van der Waals surface area contributed by atoms with E-state index in [1.165, 1.54) is 16.7 Å². The molecule has 0 aliphatic rings. The van der Waals surface area contributed by atoms with Gasteiger partial charge in [0.15, 0.2) is 0 Å². The highest BCUT2D eigenvalue weighted by atomic mass is 32.1. The monoisotopic (exact) mass is 361 g/mol. The van der Waals surface area contributed by atoms with Gasteiger partial charge in [-0.2, -0.15) is 16.4 Å². The van der Waals surface area contributed by atoms with E-state index in [0.717, 1.165) is 22.3 Å². The fourth-order valence-electron chi connectivity index (χ4n) is 3.23. The van der Waals surface area contributed by atoms with Gasteiger partial charge in [-0.3, -0.25) is 4.79 Å². The molecule has 1 atom stereocenters. The van der Waals surface area contributed by atoms with Crippen molar-refractivity contribution in [2.24, 2.45) is 0 Å². The summed E-state index contributed by atoms with van der Waals surface area (Å²) in [7, 11) is 0. The molecule has 0 aliphatic carbocycles. The Hall–Kier alpha value is -2.92. The van der Waals surface area contributed by atoms with Gasteiger partial charge in [0, 0.05) is 22.0 Å². The topological polar surface area (TPSA) is 46.9 Å². The number of carbonyl (C=O) groups excluding carboxylic acids is 1. The number of thiophene rings is 1. The number of fused-ring (bicyclic) bond motifs is 1.